The van der Waals surface area contributed by atoms with Gasteiger partial charge in [0, 0.05) is 17.8 Å². The van der Waals surface area contributed by atoms with Gasteiger partial charge in [-0.15, -0.1) is 0 Å². The van der Waals surface area contributed by atoms with Crippen LogP contribution >= 0.6 is 0 Å². The summed E-state index contributed by atoms with van der Waals surface area (Å²) < 4.78 is 7.45. The summed E-state index contributed by atoms with van der Waals surface area (Å²) >= 11 is 0. The van der Waals surface area contributed by atoms with E-state index in [9.17, 15) is 0 Å². The number of ether oxygens (including phenoxy) is 1. The van der Waals surface area contributed by atoms with Crippen molar-refractivity contribution >= 4 is 11.5 Å². The van der Waals surface area contributed by atoms with Crippen LogP contribution in [-0.2, 0) is 6.54 Å². The van der Waals surface area contributed by atoms with Gasteiger partial charge in [-0.05, 0) is 48.9 Å². The van der Waals surface area contributed by atoms with E-state index in [-0.39, 0.29) is 0 Å². The Kier molecular flexibility index (Phi) is 4.32. The molecule has 0 saturated heterocycles. The number of aryl methyl sites for hydroxylation is 1. The van der Waals surface area contributed by atoms with Gasteiger partial charge in [-0.25, -0.2) is 4.98 Å². The van der Waals surface area contributed by atoms with Crippen LogP contribution in [0.15, 0.2) is 72.8 Å². The van der Waals surface area contributed by atoms with Crippen LogP contribution in [0.5, 0.6) is 5.75 Å². The number of hydrogen-bond donors (Lipinski definition) is 1. The number of nitrogens with zero attached hydrogens (tertiary/aromatic N) is 2. The highest BCUT2D eigenvalue weighted by molar-refractivity contribution is 5.77. The number of fused-ring (bicyclic) bond motifs is 1. The first-order valence-electron chi connectivity index (χ1n) is 8.66. The van der Waals surface area contributed by atoms with Crippen molar-refractivity contribution in [1.82, 2.24) is 9.38 Å². The van der Waals surface area contributed by atoms with Gasteiger partial charge >= 0.3 is 0 Å². The number of hydrogen-bond acceptors (Lipinski definition) is 3. The fourth-order valence-electron chi connectivity index (χ4n) is 3.15. The second-order valence-electron chi connectivity index (χ2n) is 6.24. The predicted molar refractivity (Wildman–Crippen MR) is 106 cm³/mol. The molecular weight excluding hydrogens is 322 g/mol. The minimum absolute atomic E-state index is 0.742. The highest BCUT2D eigenvalue weighted by Crippen LogP contribution is 2.31. The van der Waals surface area contributed by atoms with Gasteiger partial charge in [0.25, 0.3) is 0 Å². The molecule has 0 fully saturated rings. The summed E-state index contributed by atoms with van der Waals surface area (Å²) in [6.45, 7) is 2.84. The summed E-state index contributed by atoms with van der Waals surface area (Å²) in [5.74, 6) is 1.85. The zero-order valence-corrected chi connectivity index (χ0v) is 14.9. The van der Waals surface area contributed by atoms with Gasteiger partial charge in [-0.3, -0.25) is 4.40 Å². The molecule has 0 radical (unpaired) electrons. The third-order valence-corrected chi connectivity index (χ3v) is 4.51. The molecule has 0 bridgehead atoms. The number of pyridine rings is 1. The third-order valence-electron chi connectivity index (χ3n) is 4.51. The van der Waals surface area contributed by atoms with Crippen LogP contribution in [0.1, 0.15) is 11.3 Å². The smallest absolute Gasteiger partial charge is 0.139 e. The molecule has 2 aromatic heterocycles. The molecule has 4 rings (SSSR count). The first kappa shape index (κ1) is 16.2. The first-order chi connectivity index (χ1) is 12.8. The van der Waals surface area contributed by atoms with Gasteiger partial charge in [0.1, 0.15) is 22.9 Å². The number of methoxy groups -OCH3 is 1. The van der Waals surface area contributed by atoms with Crippen molar-refractivity contribution in [2.75, 3.05) is 12.4 Å². The Morgan fingerprint density at radius 2 is 1.69 bits per heavy atom. The summed E-state index contributed by atoms with van der Waals surface area (Å²) in [5.41, 5.74) is 5.32. The molecule has 0 atom stereocenters. The Hall–Kier alpha value is -3.27. The maximum absolute atomic E-state index is 5.28. The standard InChI is InChI=1S/C22H21N3O/c1-16-7-6-10-20-24-21(18-11-13-19(26-2)14-12-18)22(25(16)20)23-15-17-8-4-3-5-9-17/h3-14,23H,15H2,1-2H3. The van der Waals surface area contributed by atoms with E-state index in [0.29, 0.717) is 0 Å². The highest BCUT2D eigenvalue weighted by Gasteiger charge is 2.15. The van der Waals surface area contributed by atoms with Gasteiger partial charge in [0.15, 0.2) is 0 Å². The molecule has 0 aliphatic rings. The lowest BCUT2D eigenvalue weighted by molar-refractivity contribution is 0.415. The second-order valence-corrected chi connectivity index (χ2v) is 6.24. The van der Waals surface area contributed by atoms with E-state index in [4.69, 9.17) is 9.72 Å². The molecule has 26 heavy (non-hydrogen) atoms. The van der Waals surface area contributed by atoms with Crippen LogP contribution in [0, 0.1) is 6.92 Å². The topological polar surface area (TPSA) is 38.6 Å². The average Bonchev–Trinajstić information content (AvgIpc) is 3.07. The van der Waals surface area contributed by atoms with Gasteiger partial charge in [-0.1, -0.05) is 36.4 Å². The molecule has 0 saturated carbocycles. The maximum atomic E-state index is 5.28. The number of imidazole rings is 1. The van der Waals surface area contributed by atoms with Crippen LogP contribution in [0.4, 0.5) is 5.82 Å². The van der Waals surface area contributed by atoms with E-state index < -0.39 is 0 Å². The zero-order valence-electron chi connectivity index (χ0n) is 14.9. The van der Waals surface area contributed by atoms with Crippen molar-refractivity contribution in [3.05, 3.63) is 84.1 Å². The summed E-state index contributed by atoms with van der Waals surface area (Å²) in [6, 6.07) is 24.6. The van der Waals surface area contributed by atoms with E-state index in [2.05, 4.69) is 47.0 Å². The summed E-state index contributed by atoms with van der Waals surface area (Å²) in [7, 11) is 1.68. The SMILES string of the molecule is COc1ccc(-c2nc3cccc(C)n3c2NCc2ccccc2)cc1. The van der Waals surface area contributed by atoms with E-state index >= 15 is 0 Å². The van der Waals surface area contributed by atoms with Gasteiger partial charge < -0.3 is 10.1 Å². The van der Waals surface area contributed by atoms with Crippen LogP contribution in [0.2, 0.25) is 0 Å². The van der Waals surface area contributed by atoms with Crippen molar-refractivity contribution in [2.45, 2.75) is 13.5 Å². The number of benzene rings is 2. The zero-order chi connectivity index (χ0) is 17.9. The van der Waals surface area contributed by atoms with Crippen LogP contribution < -0.4 is 10.1 Å². The molecule has 4 nitrogen and oxygen atoms in total. The van der Waals surface area contributed by atoms with Crippen molar-refractivity contribution in [3.63, 3.8) is 0 Å². The summed E-state index contributed by atoms with van der Waals surface area (Å²) in [5, 5.41) is 3.59. The van der Waals surface area contributed by atoms with E-state index in [0.717, 1.165) is 40.7 Å². The van der Waals surface area contributed by atoms with Gasteiger partial charge in [0.05, 0.1) is 7.11 Å². The number of nitrogens with one attached hydrogen (secondary N) is 1. The summed E-state index contributed by atoms with van der Waals surface area (Å²) in [4.78, 5) is 4.87. The quantitative estimate of drug-likeness (QED) is 0.558. The molecule has 0 aliphatic heterocycles. The number of rotatable bonds is 5. The van der Waals surface area contributed by atoms with Crippen molar-refractivity contribution < 1.29 is 4.74 Å². The molecular formula is C22H21N3O. The molecule has 0 spiro atoms. The number of anilines is 1. The Balaban J connectivity index is 1.79. The Labute approximate surface area is 153 Å². The molecule has 0 unspecified atom stereocenters. The fraction of sp³-hybridized carbons (Fsp3) is 0.136. The molecule has 4 aromatic rings. The minimum Gasteiger partial charge on any atom is -0.497 e. The monoisotopic (exact) mass is 343 g/mol. The molecule has 4 heteroatoms. The van der Waals surface area contributed by atoms with Crippen molar-refractivity contribution in [3.8, 4) is 17.0 Å². The largest absolute Gasteiger partial charge is 0.497 e. The van der Waals surface area contributed by atoms with E-state index in [1.54, 1.807) is 7.11 Å². The number of aromatic nitrogens is 2. The lowest BCUT2D eigenvalue weighted by Gasteiger charge is -2.11. The van der Waals surface area contributed by atoms with Gasteiger partial charge in [-0.2, -0.15) is 0 Å². The lowest BCUT2D eigenvalue weighted by Crippen LogP contribution is -2.04. The molecule has 130 valence electrons. The van der Waals surface area contributed by atoms with Crippen LogP contribution in [0.25, 0.3) is 16.9 Å². The normalized spacial score (nSPS) is 10.8. The molecule has 0 amide bonds. The second kappa shape index (κ2) is 6.92. The van der Waals surface area contributed by atoms with Crippen molar-refractivity contribution in [2.24, 2.45) is 0 Å². The third kappa shape index (κ3) is 3.02. The maximum Gasteiger partial charge on any atom is 0.139 e. The summed E-state index contributed by atoms with van der Waals surface area (Å²) in [6.07, 6.45) is 0. The first-order valence-corrected chi connectivity index (χ1v) is 8.66. The van der Waals surface area contributed by atoms with Crippen molar-refractivity contribution in [1.29, 1.82) is 0 Å². The average molecular weight is 343 g/mol. The van der Waals surface area contributed by atoms with Crippen LogP contribution in [-0.4, -0.2) is 16.5 Å². The van der Waals surface area contributed by atoms with Gasteiger partial charge in [0.2, 0.25) is 0 Å². The Morgan fingerprint density at radius 3 is 2.42 bits per heavy atom. The molecule has 1 N–H and O–H groups in total. The lowest BCUT2D eigenvalue weighted by atomic mass is 10.1. The van der Waals surface area contributed by atoms with E-state index in [1.807, 2.05) is 42.5 Å². The van der Waals surface area contributed by atoms with Crippen LogP contribution in [0.3, 0.4) is 0 Å². The Morgan fingerprint density at radius 1 is 0.923 bits per heavy atom. The highest BCUT2D eigenvalue weighted by atomic mass is 16.5. The predicted octanol–water partition coefficient (Wildman–Crippen LogP) is 4.93. The fourth-order valence-corrected chi connectivity index (χ4v) is 3.15. The molecule has 2 heterocycles. The minimum atomic E-state index is 0.742. The Bertz CT molecular complexity index is 1020. The molecule has 2 aromatic carbocycles. The van der Waals surface area contributed by atoms with E-state index in [1.165, 1.54) is 5.56 Å². The molecule has 0 aliphatic carbocycles.